The summed E-state index contributed by atoms with van der Waals surface area (Å²) in [4.78, 5) is 19.3. The van der Waals surface area contributed by atoms with Gasteiger partial charge in [0.15, 0.2) is 5.96 Å². The monoisotopic (exact) mass is 566 g/mol. The molecule has 0 atom stereocenters. The van der Waals surface area contributed by atoms with E-state index in [1.54, 1.807) is 0 Å². The third-order valence-electron chi connectivity index (χ3n) is 6.92. The molecule has 1 heterocycles. The summed E-state index contributed by atoms with van der Waals surface area (Å²) < 4.78 is 6.31. The second kappa shape index (κ2) is 14.1. The summed E-state index contributed by atoms with van der Waals surface area (Å²) in [7, 11) is 1.85. The molecule has 2 saturated carbocycles. The largest absolute Gasteiger partial charge is 0.373 e. The lowest BCUT2D eigenvalue weighted by Crippen LogP contribution is -2.52. The van der Waals surface area contributed by atoms with Gasteiger partial charge in [-0.05, 0) is 44.9 Å². The molecule has 1 amide bonds. The van der Waals surface area contributed by atoms with Gasteiger partial charge in [-0.15, -0.1) is 24.0 Å². The van der Waals surface area contributed by atoms with Crippen molar-refractivity contribution in [3.8, 4) is 0 Å². The van der Waals surface area contributed by atoms with Crippen molar-refractivity contribution in [3.05, 3.63) is 0 Å². The summed E-state index contributed by atoms with van der Waals surface area (Å²) in [5.74, 6) is 3.67. The molecule has 3 aliphatic rings. The maximum atomic E-state index is 12.8. The Hall–Kier alpha value is -0.220. The van der Waals surface area contributed by atoms with Crippen molar-refractivity contribution in [1.29, 1.82) is 0 Å². The van der Waals surface area contributed by atoms with Crippen LogP contribution >= 0.6 is 35.7 Å². The van der Waals surface area contributed by atoms with E-state index >= 15 is 0 Å². The number of thioether (sulfide) groups is 1. The normalized spacial score (nSPS) is 26.6. The van der Waals surface area contributed by atoms with E-state index < -0.39 is 0 Å². The van der Waals surface area contributed by atoms with E-state index in [-0.39, 0.29) is 35.5 Å². The molecule has 0 bridgehead atoms. The zero-order valence-corrected chi connectivity index (χ0v) is 22.6. The fourth-order valence-electron chi connectivity index (χ4n) is 5.05. The first kappa shape index (κ1) is 27.0. The smallest absolute Gasteiger partial charge is 0.225 e. The van der Waals surface area contributed by atoms with E-state index in [2.05, 4.69) is 27.4 Å². The van der Waals surface area contributed by atoms with Crippen molar-refractivity contribution in [2.75, 3.05) is 44.8 Å². The summed E-state index contributed by atoms with van der Waals surface area (Å²) in [5.41, 5.74) is -0.0390. The van der Waals surface area contributed by atoms with Crippen LogP contribution in [0.5, 0.6) is 0 Å². The summed E-state index contributed by atoms with van der Waals surface area (Å²) in [5, 5.41) is 7.17. The minimum absolute atomic E-state index is 0. The zero-order valence-electron chi connectivity index (χ0n) is 19.5. The summed E-state index contributed by atoms with van der Waals surface area (Å²) in [6.07, 6.45) is 11.2. The van der Waals surface area contributed by atoms with Crippen LogP contribution in [-0.2, 0) is 9.53 Å². The van der Waals surface area contributed by atoms with E-state index in [9.17, 15) is 4.79 Å². The topological polar surface area (TPSA) is 66.0 Å². The maximum Gasteiger partial charge on any atom is 0.225 e. The van der Waals surface area contributed by atoms with Gasteiger partial charge in [-0.2, -0.15) is 11.8 Å². The van der Waals surface area contributed by atoms with Crippen LogP contribution in [0.4, 0.5) is 0 Å². The summed E-state index contributed by atoms with van der Waals surface area (Å²) in [6, 6.07) is 0.399. The molecule has 0 aromatic carbocycles. The second-order valence-electron chi connectivity index (χ2n) is 9.15. The molecule has 0 spiro atoms. The van der Waals surface area contributed by atoms with E-state index in [0.717, 1.165) is 88.7 Å². The van der Waals surface area contributed by atoms with Gasteiger partial charge < -0.3 is 20.3 Å². The molecular weight excluding hydrogens is 523 g/mol. The first-order chi connectivity index (χ1) is 14.7. The Balaban J connectivity index is 0.00000341. The Morgan fingerprint density at radius 3 is 2.42 bits per heavy atom. The zero-order chi connectivity index (χ0) is 21.2. The molecule has 2 N–H and O–H groups in total. The minimum atomic E-state index is -0.0390. The highest BCUT2D eigenvalue weighted by Crippen LogP contribution is 2.31. The molecule has 1 aliphatic heterocycles. The van der Waals surface area contributed by atoms with E-state index in [1.807, 2.05) is 18.8 Å². The van der Waals surface area contributed by atoms with Gasteiger partial charge in [-0.3, -0.25) is 9.79 Å². The number of hydrogen-bond acceptors (Lipinski definition) is 4. The lowest BCUT2D eigenvalue weighted by atomic mass is 9.84. The SMILES string of the molecule is CCCOC1(CNC(=NC)NC2CCC(C(=O)N3CCSCC3)CC2)CCCCC1.I. The highest BCUT2D eigenvalue weighted by atomic mass is 127. The number of amides is 1. The fraction of sp³-hybridized carbons (Fsp3) is 0.913. The number of halogens is 1. The van der Waals surface area contributed by atoms with Gasteiger partial charge in [-0.1, -0.05) is 26.2 Å². The molecule has 0 aromatic rings. The maximum absolute atomic E-state index is 12.8. The Labute approximate surface area is 210 Å². The first-order valence-corrected chi connectivity index (χ1v) is 13.3. The molecule has 2 aliphatic carbocycles. The van der Waals surface area contributed by atoms with Crippen molar-refractivity contribution < 1.29 is 9.53 Å². The lowest BCUT2D eigenvalue weighted by molar-refractivity contribution is -0.136. The van der Waals surface area contributed by atoms with Gasteiger partial charge in [-0.25, -0.2) is 0 Å². The van der Waals surface area contributed by atoms with Crippen LogP contribution in [0.15, 0.2) is 4.99 Å². The van der Waals surface area contributed by atoms with Crippen molar-refractivity contribution in [1.82, 2.24) is 15.5 Å². The predicted molar refractivity (Wildman–Crippen MR) is 142 cm³/mol. The molecular formula is C23H43IN4O2S. The Morgan fingerprint density at radius 2 is 1.81 bits per heavy atom. The van der Waals surface area contributed by atoms with Crippen molar-refractivity contribution in [2.24, 2.45) is 10.9 Å². The third kappa shape index (κ3) is 8.25. The Kier molecular flexibility index (Phi) is 12.3. The molecule has 31 heavy (non-hydrogen) atoms. The van der Waals surface area contributed by atoms with Crippen molar-refractivity contribution >= 4 is 47.6 Å². The molecule has 1 saturated heterocycles. The number of aliphatic imine (C=N–C) groups is 1. The van der Waals surface area contributed by atoms with Gasteiger partial charge >= 0.3 is 0 Å². The van der Waals surface area contributed by atoms with Gasteiger partial charge in [0.2, 0.25) is 5.91 Å². The highest BCUT2D eigenvalue weighted by molar-refractivity contribution is 14.0. The number of carbonyl (C=O) groups is 1. The average molecular weight is 567 g/mol. The van der Waals surface area contributed by atoms with Gasteiger partial charge in [0.25, 0.3) is 0 Å². The quantitative estimate of drug-likeness (QED) is 0.277. The van der Waals surface area contributed by atoms with Gasteiger partial charge in [0.05, 0.1) is 5.60 Å². The molecule has 6 nitrogen and oxygen atoms in total. The predicted octanol–water partition coefficient (Wildman–Crippen LogP) is 4.03. The highest BCUT2D eigenvalue weighted by Gasteiger charge is 2.34. The van der Waals surface area contributed by atoms with E-state index in [0.29, 0.717) is 11.9 Å². The summed E-state index contributed by atoms with van der Waals surface area (Å²) in [6.45, 7) is 5.70. The van der Waals surface area contributed by atoms with Crippen molar-refractivity contribution in [2.45, 2.75) is 82.8 Å². The number of rotatable bonds is 7. The van der Waals surface area contributed by atoms with Crippen LogP contribution < -0.4 is 10.6 Å². The first-order valence-electron chi connectivity index (χ1n) is 12.1. The number of ether oxygens (including phenoxy) is 1. The number of carbonyl (C=O) groups excluding carboxylic acids is 1. The van der Waals surface area contributed by atoms with Crippen LogP contribution in [0.2, 0.25) is 0 Å². The molecule has 0 radical (unpaired) electrons. The van der Waals surface area contributed by atoms with E-state index in [4.69, 9.17) is 4.74 Å². The molecule has 3 fully saturated rings. The summed E-state index contributed by atoms with van der Waals surface area (Å²) >= 11 is 1.96. The lowest BCUT2D eigenvalue weighted by Gasteiger charge is -2.38. The van der Waals surface area contributed by atoms with Gasteiger partial charge in [0, 0.05) is 56.8 Å². The number of hydrogen-bond donors (Lipinski definition) is 2. The number of guanidine groups is 1. The molecule has 0 unspecified atom stereocenters. The average Bonchev–Trinajstić information content (AvgIpc) is 2.81. The third-order valence-corrected chi connectivity index (χ3v) is 7.86. The minimum Gasteiger partial charge on any atom is -0.373 e. The Morgan fingerprint density at radius 1 is 1.13 bits per heavy atom. The van der Waals surface area contributed by atoms with Crippen LogP contribution in [0.1, 0.15) is 71.1 Å². The van der Waals surface area contributed by atoms with E-state index in [1.165, 1.54) is 19.3 Å². The van der Waals surface area contributed by atoms with Gasteiger partial charge in [0.1, 0.15) is 0 Å². The number of nitrogens with zero attached hydrogens (tertiary/aromatic N) is 2. The number of nitrogens with one attached hydrogen (secondary N) is 2. The second-order valence-corrected chi connectivity index (χ2v) is 10.4. The standard InChI is InChI=1S/C23H42N4O2S.HI/c1-3-15-29-23(11-5-4-6-12-23)18-25-22(24-2)26-20-9-7-19(8-10-20)21(28)27-13-16-30-17-14-27;/h19-20H,3-18H2,1-2H3,(H2,24,25,26);1H. The molecule has 3 rings (SSSR count). The van der Waals surface area contributed by atoms with Crippen LogP contribution in [0.25, 0.3) is 0 Å². The van der Waals surface area contributed by atoms with Crippen LogP contribution in [0.3, 0.4) is 0 Å². The Bertz CT molecular complexity index is 558. The molecule has 180 valence electrons. The van der Waals surface area contributed by atoms with Crippen LogP contribution in [0, 0.1) is 5.92 Å². The van der Waals surface area contributed by atoms with Crippen LogP contribution in [-0.4, -0.2) is 73.2 Å². The van der Waals surface area contributed by atoms with Crippen molar-refractivity contribution in [3.63, 3.8) is 0 Å². The molecule has 0 aromatic heterocycles. The fourth-order valence-corrected chi connectivity index (χ4v) is 5.95. The molecule has 8 heteroatoms.